The van der Waals surface area contributed by atoms with Gasteiger partial charge in [0.15, 0.2) is 5.78 Å². The van der Waals surface area contributed by atoms with Crippen LogP contribution in [0.4, 0.5) is 5.69 Å². The molecule has 0 radical (unpaired) electrons. The maximum atomic E-state index is 12.4. The Bertz CT molecular complexity index is 682. The van der Waals surface area contributed by atoms with Gasteiger partial charge in [0.05, 0.1) is 6.61 Å². The van der Waals surface area contributed by atoms with Crippen LogP contribution in [0.25, 0.3) is 0 Å². The van der Waals surface area contributed by atoms with Gasteiger partial charge in [-0.25, -0.2) is 0 Å². The summed E-state index contributed by atoms with van der Waals surface area (Å²) in [6.45, 7) is 0.643. The Balaban J connectivity index is 1.93. The van der Waals surface area contributed by atoms with Gasteiger partial charge in [-0.3, -0.25) is 4.79 Å². The summed E-state index contributed by atoms with van der Waals surface area (Å²) in [6.07, 6.45) is 1.08. The highest BCUT2D eigenvalue weighted by molar-refractivity contribution is 6.30. The van der Waals surface area contributed by atoms with Gasteiger partial charge < -0.3 is 10.5 Å². The molecule has 2 aromatic rings. The topological polar surface area (TPSA) is 52.3 Å². The highest BCUT2D eigenvalue weighted by Gasteiger charge is 2.20. The Labute approximate surface area is 122 Å². The van der Waals surface area contributed by atoms with Crippen molar-refractivity contribution >= 4 is 23.1 Å². The predicted molar refractivity (Wildman–Crippen MR) is 79.5 cm³/mol. The second-order valence-electron chi connectivity index (χ2n) is 4.84. The Morgan fingerprint density at radius 2 is 2.10 bits per heavy atom. The lowest BCUT2D eigenvalue weighted by molar-refractivity contribution is 0.0993. The van der Waals surface area contributed by atoms with Gasteiger partial charge in [-0.05, 0) is 29.8 Å². The van der Waals surface area contributed by atoms with Gasteiger partial charge in [0.25, 0.3) is 0 Å². The van der Waals surface area contributed by atoms with Crippen LogP contribution in [0.3, 0.4) is 0 Å². The molecule has 0 saturated carbocycles. The number of carbonyl (C=O) groups is 1. The molecule has 0 fully saturated rings. The van der Waals surface area contributed by atoms with E-state index in [-0.39, 0.29) is 12.2 Å². The molecule has 0 aromatic heterocycles. The van der Waals surface area contributed by atoms with E-state index in [4.69, 9.17) is 22.1 Å². The molecule has 2 N–H and O–H groups in total. The van der Waals surface area contributed by atoms with Crippen LogP contribution < -0.4 is 10.5 Å². The van der Waals surface area contributed by atoms with Gasteiger partial charge in [0, 0.05) is 34.7 Å². The highest BCUT2D eigenvalue weighted by atomic mass is 35.5. The van der Waals surface area contributed by atoms with Crippen LogP contribution in [0.1, 0.15) is 21.5 Å². The van der Waals surface area contributed by atoms with Crippen molar-refractivity contribution in [2.75, 3.05) is 12.3 Å². The highest BCUT2D eigenvalue weighted by Crippen LogP contribution is 2.33. The molecule has 0 unspecified atom stereocenters. The lowest BCUT2D eigenvalue weighted by Gasteiger charge is -2.09. The number of ether oxygens (including phenoxy) is 1. The van der Waals surface area contributed by atoms with E-state index < -0.39 is 0 Å². The summed E-state index contributed by atoms with van der Waals surface area (Å²) in [5.41, 5.74) is 8.78. The fraction of sp³-hybridized carbons (Fsp3) is 0.188. The summed E-state index contributed by atoms with van der Waals surface area (Å²) in [7, 11) is 0. The van der Waals surface area contributed by atoms with E-state index in [2.05, 4.69) is 0 Å². The van der Waals surface area contributed by atoms with Crippen molar-refractivity contribution in [1.82, 2.24) is 0 Å². The van der Waals surface area contributed by atoms with Crippen molar-refractivity contribution in [3.05, 3.63) is 58.1 Å². The molecule has 0 bridgehead atoms. The number of para-hydroxylation sites is 1. The van der Waals surface area contributed by atoms with Crippen molar-refractivity contribution < 1.29 is 9.53 Å². The van der Waals surface area contributed by atoms with Crippen molar-refractivity contribution in [3.63, 3.8) is 0 Å². The molecule has 102 valence electrons. The van der Waals surface area contributed by atoms with Gasteiger partial charge in [0.1, 0.15) is 5.75 Å². The smallest absolute Gasteiger partial charge is 0.169 e. The van der Waals surface area contributed by atoms with Gasteiger partial charge in [-0.15, -0.1) is 0 Å². The molecule has 0 amide bonds. The maximum Gasteiger partial charge on any atom is 0.169 e. The maximum absolute atomic E-state index is 12.4. The zero-order valence-electron chi connectivity index (χ0n) is 10.9. The van der Waals surface area contributed by atoms with Crippen LogP contribution in [-0.4, -0.2) is 12.4 Å². The molecule has 4 heteroatoms. The molecular weight excluding hydrogens is 274 g/mol. The average molecular weight is 288 g/mol. The Morgan fingerprint density at radius 3 is 2.90 bits per heavy atom. The number of hydrogen-bond donors (Lipinski definition) is 1. The summed E-state index contributed by atoms with van der Waals surface area (Å²) >= 11 is 6.10. The van der Waals surface area contributed by atoms with Crippen LogP contribution in [-0.2, 0) is 12.8 Å². The minimum atomic E-state index is -0.0249. The van der Waals surface area contributed by atoms with E-state index >= 15 is 0 Å². The first-order chi connectivity index (χ1) is 9.65. The molecule has 2 aromatic carbocycles. The van der Waals surface area contributed by atoms with Crippen molar-refractivity contribution in [1.29, 1.82) is 0 Å². The number of benzene rings is 2. The van der Waals surface area contributed by atoms with Crippen LogP contribution in [0, 0.1) is 0 Å². The van der Waals surface area contributed by atoms with Gasteiger partial charge >= 0.3 is 0 Å². The molecule has 1 aliphatic heterocycles. The molecule has 20 heavy (non-hydrogen) atoms. The lowest BCUT2D eigenvalue weighted by atomic mass is 9.99. The molecule has 3 rings (SSSR count). The number of rotatable bonds is 3. The number of anilines is 1. The normalized spacial score (nSPS) is 12.8. The lowest BCUT2D eigenvalue weighted by Crippen LogP contribution is -2.07. The minimum Gasteiger partial charge on any atom is -0.493 e. The third kappa shape index (κ3) is 2.37. The second kappa shape index (κ2) is 5.17. The number of carbonyl (C=O) groups excluding carboxylic acids is 1. The van der Waals surface area contributed by atoms with E-state index in [9.17, 15) is 4.79 Å². The average Bonchev–Trinajstić information content (AvgIpc) is 2.87. The molecule has 1 aliphatic rings. The summed E-state index contributed by atoms with van der Waals surface area (Å²) in [4.78, 5) is 12.4. The minimum absolute atomic E-state index is 0.0249. The summed E-state index contributed by atoms with van der Waals surface area (Å²) in [5.74, 6) is 0.778. The number of halogens is 1. The zero-order chi connectivity index (χ0) is 14.1. The molecule has 3 nitrogen and oxygen atoms in total. The third-order valence-electron chi connectivity index (χ3n) is 3.44. The fourth-order valence-electron chi connectivity index (χ4n) is 2.50. The Kier molecular flexibility index (Phi) is 3.36. The van der Waals surface area contributed by atoms with Crippen LogP contribution in [0.15, 0.2) is 36.4 Å². The Morgan fingerprint density at radius 1 is 1.30 bits per heavy atom. The quantitative estimate of drug-likeness (QED) is 0.696. The predicted octanol–water partition coefficient (Wildman–Crippen LogP) is 3.28. The van der Waals surface area contributed by atoms with Gasteiger partial charge in [-0.2, -0.15) is 0 Å². The monoisotopic (exact) mass is 287 g/mol. The molecule has 0 aliphatic carbocycles. The first-order valence-corrected chi connectivity index (χ1v) is 6.85. The summed E-state index contributed by atoms with van der Waals surface area (Å²) < 4.78 is 5.61. The molecule has 0 spiro atoms. The van der Waals surface area contributed by atoms with E-state index in [0.29, 0.717) is 22.9 Å². The van der Waals surface area contributed by atoms with Crippen LogP contribution >= 0.6 is 11.6 Å². The number of nitrogen functional groups attached to an aromatic ring is 1. The largest absolute Gasteiger partial charge is 0.493 e. The number of fused-ring (bicyclic) bond motifs is 1. The first kappa shape index (κ1) is 13.0. The standard InChI is InChI=1S/C16H14ClNO2/c17-12-7-10-5-6-20-16(10)11(8-12)9-15(19)13-3-1-2-4-14(13)18/h1-4,7-8H,5-6,9,18H2. The van der Waals surface area contributed by atoms with Crippen molar-refractivity contribution in [2.24, 2.45) is 0 Å². The van der Waals surface area contributed by atoms with Crippen molar-refractivity contribution in [2.45, 2.75) is 12.8 Å². The van der Waals surface area contributed by atoms with Gasteiger partial charge in [0.2, 0.25) is 0 Å². The molecule has 0 atom stereocenters. The molecule has 1 heterocycles. The number of Topliss-reactive ketones (excluding diaryl/α,β-unsaturated/α-hetero) is 1. The summed E-state index contributed by atoms with van der Waals surface area (Å²) in [5, 5.41) is 0.637. The van der Waals surface area contributed by atoms with E-state index in [1.165, 1.54) is 0 Å². The molecular formula is C16H14ClNO2. The van der Waals surface area contributed by atoms with Crippen LogP contribution in [0.5, 0.6) is 5.75 Å². The summed E-state index contributed by atoms with van der Waals surface area (Å²) in [6, 6.07) is 10.8. The third-order valence-corrected chi connectivity index (χ3v) is 3.66. The molecule has 0 saturated heterocycles. The number of nitrogens with two attached hydrogens (primary N) is 1. The number of hydrogen-bond acceptors (Lipinski definition) is 3. The first-order valence-electron chi connectivity index (χ1n) is 6.47. The number of ketones is 1. The van der Waals surface area contributed by atoms with Gasteiger partial charge in [-0.1, -0.05) is 23.7 Å². The second-order valence-corrected chi connectivity index (χ2v) is 5.28. The van der Waals surface area contributed by atoms with E-state index in [0.717, 1.165) is 23.3 Å². The van der Waals surface area contributed by atoms with Crippen LogP contribution in [0.2, 0.25) is 5.02 Å². The van der Waals surface area contributed by atoms with E-state index in [1.807, 2.05) is 18.2 Å². The fourth-order valence-corrected chi connectivity index (χ4v) is 2.76. The SMILES string of the molecule is Nc1ccccc1C(=O)Cc1cc(Cl)cc2c1OCC2. The van der Waals surface area contributed by atoms with Crippen molar-refractivity contribution in [3.8, 4) is 5.75 Å². The Hall–Kier alpha value is -2.00. The zero-order valence-corrected chi connectivity index (χ0v) is 11.6. The van der Waals surface area contributed by atoms with E-state index in [1.54, 1.807) is 18.2 Å².